The standard InChI is InChI=1S/C16H25N3O/c1-11-7-13(9-16(3,4)8-11)15(20)19-12(2)14-10-17-5-6-18-14/h5-6,10-13H,7-9H2,1-4H3,(H,19,20)/t11?,12-,13?/m0/s1. The Balaban J connectivity index is 1.98. The molecule has 1 aromatic heterocycles. The zero-order valence-corrected chi connectivity index (χ0v) is 12.9. The topological polar surface area (TPSA) is 54.9 Å². The van der Waals surface area contributed by atoms with Gasteiger partial charge in [-0.3, -0.25) is 14.8 Å². The fraction of sp³-hybridized carbons (Fsp3) is 0.688. The molecule has 1 aromatic rings. The summed E-state index contributed by atoms with van der Waals surface area (Å²) in [5, 5.41) is 3.08. The molecule has 1 saturated carbocycles. The molecule has 0 radical (unpaired) electrons. The van der Waals surface area contributed by atoms with Crippen molar-refractivity contribution in [1.29, 1.82) is 0 Å². The average Bonchev–Trinajstić information content (AvgIpc) is 2.37. The van der Waals surface area contributed by atoms with Crippen LogP contribution in [-0.2, 0) is 4.79 Å². The second kappa shape index (κ2) is 5.90. The average molecular weight is 275 g/mol. The van der Waals surface area contributed by atoms with Crippen LogP contribution in [0.4, 0.5) is 0 Å². The summed E-state index contributed by atoms with van der Waals surface area (Å²) in [4.78, 5) is 20.7. The first-order chi connectivity index (χ1) is 9.37. The van der Waals surface area contributed by atoms with E-state index in [4.69, 9.17) is 0 Å². The molecular formula is C16H25N3O. The lowest BCUT2D eigenvalue weighted by atomic mass is 9.68. The molecule has 0 aliphatic heterocycles. The van der Waals surface area contributed by atoms with Gasteiger partial charge in [0.05, 0.1) is 17.9 Å². The number of nitrogens with one attached hydrogen (secondary N) is 1. The van der Waals surface area contributed by atoms with Crippen molar-refractivity contribution in [2.45, 2.75) is 53.0 Å². The van der Waals surface area contributed by atoms with Crippen molar-refractivity contribution in [1.82, 2.24) is 15.3 Å². The van der Waals surface area contributed by atoms with E-state index in [1.54, 1.807) is 18.6 Å². The summed E-state index contributed by atoms with van der Waals surface area (Å²) in [6, 6.07) is -0.0865. The molecule has 1 aliphatic carbocycles. The highest BCUT2D eigenvalue weighted by atomic mass is 16.1. The fourth-order valence-electron chi connectivity index (χ4n) is 3.49. The van der Waals surface area contributed by atoms with Gasteiger partial charge in [-0.15, -0.1) is 0 Å². The third-order valence-corrected chi connectivity index (χ3v) is 4.14. The Kier molecular flexibility index (Phi) is 4.41. The molecule has 1 N–H and O–H groups in total. The predicted molar refractivity (Wildman–Crippen MR) is 78.9 cm³/mol. The molecule has 1 fully saturated rings. The van der Waals surface area contributed by atoms with E-state index in [1.807, 2.05) is 6.92 Å². The second-order valence-electron chi connectivity index (χ2n) is 6.97. The van der Waals surface area contributed by atoms with Crippen molar-refractivity contribution >= 4 is 5.91 Å². The van der Waals surface area contributed by atoms with Crippen LogP contribution in [0.25, 0.3) is 0 Å². The number of aromatic nitrogens is 2. The van der Waals surface area contributed by atoms with Gasteiger partial charge in [-0.1, -0.05) is 20.8 Å². The summed E-state index contributed by atoms with van der Waals surface area (Å²) in [5.41, 5.74) is 1.07. The SMILES string of the molecule is CC1CC(C(=O)N[C@@H](C)c2cnccn2)CC(C)(C)C1. The summed E-state index contributed by atoms with van der Waals surface area (Å²) >= 11 is 0. The number of nitrogens with zero attached hydrogens (tertiary/aromatic N) is 2. The van der Waals surface area contributed by atoms with Crippen molar-refractivity contribution in [3.05, 3.63) is 24.3 Å². The van der Waals surface area contributed by atoms with Crippen LogP contribution in [0.15, 0.2) is 18.6 Å². The molecule has 0 saturated heterocycles. The van der Waals surface area contributed by atoms with Crippen molar-refractivity contribution in [3.63, 3.8) is 0 Å². The van der Waals surface area contributed by atoms with Crippen LogP contribution in [0.2, 0.25) is 0 Å². The summed E-state index contributed by atoms with van der Waals surface area (Å²) in [6.07, 6.45) is 8.17. The first-order valence-corrected chi connectivity index (χ1v) is 7.44. The van der Waals surface area contributed by atoms with E-state index >= 15 is 0 Å². The van der Waals surface area contributed by atoms with Crippen molar-refractivity contribution in [2.24, 2.45) is 17.3 Å². The zero-order chi connectivity index (χ0) is 14.8. The molecule has 0 spiro atoms. The molecule has 1 amide bonds. The minimum Gasteiger partial charge on any atom is -0.348 e. The highest BCUT2D eigenvalue weighted by Crippen LogP contribution is 2.41. The summed E-state index contributed by atoms with van der Waals surface area (Å²) in [6.45, 7) is 8.72. The van der Waals surface area contributed by atoms with Crippen LogP contribution in [0.3, 0.4) is 0 Å². The van der Waals surface area contributed by atoms with Gasteiger partial charge in [-0.05, 0) is 37.5 Å². The van der Waals surface area contributed by atoms with Crippen LogP contribution in [0, 0.1) is 17.3 Å². The van der Waals surface area contributed by atoms with Gasteiger partial charge in [-0.2, -0.15) is 0 Å². The fourth-order valence-corrected chi connectivity index (χ4v) is 3.49. The Labute approximate surface area is 121 Å². The Morgan fingerprint density at radius 1 is 1.40 bits per heavy atom. The lowest BCUT2D eigenvalue weighted by molar-refractivity contribution is -0.128. The molecule has 4 heteroatoms. The predicted octanol–water partition coefficient (Wildman–Crippen LogP) is 3.12. The highest BCUT2D eigenvalue weighted by Gasteiger charge is 2.35. The lowest BCUT2D eigenvalue weighted by Gasteiger charge is -2.38. The normalized spacial score (nSPS) is 26.8. The molecular weight excluding hydrogens is 250 g/mol. The van der Waals surface area contributed by atoms with Crippen LogP contribution in [0.5, 0.6) is 0 Å². The summed E-state index contributed by atoms with van der Waals surface area (Å²) in [7, 11) is 0. The largest absolute Gasteiger partial charge is 0.348 e. The number of amides is 1. The minimum absolute atomic E-state index is 0.0865. The van der Waals surface area contributed by atoms with E-state index in [9.17, 15) is 4.79 Å². The van der Waals surface area contributed by atoms with Crippen LogP contribution >= 0.6 is 0 Å². The molecule has 1 aliphatic rings. The quantitative estimate of drug-likeness (QED) is 0.922. The van der Waals surface area contributed by atoms with Gasteiger partial charge in [0, 0.05) is 18.3 Å². The maximum atomic E-state index is 12.5. The first kappa shape index (κ1) is 14.9. The lowest BCUT2D eigenvalue weighted by Crippen LogP contribution is -2.39. The van der Waals surface area contributed by atoms with Crippen LogP contribution in [0.1, 0.15) is 58.7 Å². The zero-order valence-electron chi connectivity index (χ0n) is 12.9. The third kappa shape index (κ3) is 3.78. The van der Waals surface area contributed by atoms with E-state index in [0.29, 0.717) is 5.92 Å². The van der Waals surface area contributed by atoms with E-state index < -0.39 is 0 Å². The van der Waals surface area contributed by atoms with Crippen molar-refractivity contribution < 1.29 is 4.79 Å². The highest BCUT2D eigenvalue weighted by molar-refractivity contribution is 5.79. The maximum Gasteiger partial charge on any atom is 0.223 e. The van der Waals surface area contributed by atoms with Gasteiger partial charge in [0.2, 0.25) is 5.91 Å². The number of carbonyl (C=O) groups excluding carboxylic acids is 1. The second-order valence-corrected chi connectivity index (χ2v) is 6.97. The Hall–Kier alpha value is -1.45. The third-order valence-electron chi connectivity index (χ3n) is 4.14. The summed E-state index contributed by atoms with van der Waals surface area (Å²) in [5.74, 6) is 0.886. The summed E-state index contributed by atoms with van der Waals surface area (Å²) < 4.78 is 0. The minimum atomic E-state index is -0.0865. The number of hydrogen-bond donors (Lipinski definition) is 1. The van der Waals surface area contributed by atoms with Gasteiger partial charge < -0.3 is 5.32 Å². The Morgan fingerprint density at radius 2 is 2.15 bits per heavy atom. The number of hydrogen-bond acceptors (Lipinski definition) is 3. The number of carbonyl (C=O) groups is 1. The maximum absolute atomic E-state index is 12.5. The van der Waals surface area contributed by atoms with Crippen LogP contribution < -0.4 is 5.32 Å². The van der Waals surface area contributed by atoms with Crippen molar-refractivity contribution in [2.75, 3.05) is 0 Å². The Bertz CT molecular complexity index is 458. The van der Waals surface area contributed by atoms with Crippen molar-refractivity contribution in [3.8, 4) is 0 Å². The van der Waals surface area contributed by atoms with E-state index in [-0.39, 0.29) is 23.3 Å². The van der Waals surface area contributed by atoms with E-state index in [0.717, 1.165) is 18.5 Å². The molecule has 4 nitrogen and oxygen atoms in total. The van der Waals surface area contributed by atoms with Crippen LogP contribution in [-0.4, -0.2) is 15.9 Å². The molecule has 110 valence electrons. The van der Waals surface area contributed by atoms with Gasteiger partial charge in [0.1, 0.15) is 0 Å². The monoisotopic (exact) mass is 275 g/mol. The molecule has 1 heterocycles. The molecule has 0 bridgehead atoms. The first-order valence-electron chi connectivity index (χ1n) is 7.44. The van der Waals surface area contributed by atoms with E-state index in [1.165, 1.54) is 6.42 Å². The van der Waals surface area contributed by atoms with Gasteiger partial charge in [0.15, 0.2) is 0 Å². The Morgan fingerprint density at radius 3 is 2.75 bits per heavy atom. The smallest absolute Gasteiger partial charge is 0.223 e. The number of rotatable bonds is 3. The van der Waals surface area contributed by atoms with Gasteiger partial charge in [-0.25, -0.2) is 0 Å². The van der Waals surface area contributed by atoms with E-state index in [2.05, 4.69) is 36.1 Å². The molecule has 2 unspecified atom stereocenters. The van der Waals surface area contributed by atoms with Gasteiger partial charge in [0.25, 0.3) is 0 Å². The molecule has 3 atom stereocenters. The van der Waals surface area contributed by atoms with Gasteiger partial charge >= 0.3 is 0 Å². The molecule has 2 rings (SSSR count). The molecule has 0 aromatic carbocycles. The molecule has 20 heavy (non-hydrogen) atoms.